The largest absolute Gasteiger partial charge is 0.456 e. The average Bonchev–Trinajstić information content (AvgIpc) is 3.66. The lowest BCUT2D eigenvalue weighted by molar-refractivity contribution is 0.660. The second-order valence-corrected chi connectivity index (χ2v) is 15.0. The quantitative estimate of drug-likeness (QED) is 0.180. The highest BCUT2D eigenvalue weighted by atomic mass is 16.3. The number of aryl methyl sites for hydroxylation is 2. The van der Waals surface area contributed by atoms with Crippen molar-refractivity contribution in [3.05, 3.63) is 186 Å². The summed E-state index contributed by atoms with van der Waals surface area (Å²) in [5, 5.41) is 4.75. The highest BCUT2D eigenvalue weighted by Crippen LogP contribution is 2.52. The maximum absolute atomic E-state index is 6.51. The summed E-state index contributed by atoms with van der Waals surface area (Å²) in [5.41, 5.74) is 17.7. The maximum Gasteiger partial charge on any atom is 0.137 e. The van der Waals surface area contributed by atoms with Gasteiger partial charge in [-0.05, 0) is 117 Å². The van der Waals surface area contributed by atoms with Gasteiger partial charge >= 0.3 is 0 Å². The molecule has 1 heterocycles. The second-order valence-electron chi connectivity index (χ2n) is 15.0. The van der Waals surface area contributed by atoms with Gasteiger partial charge in [-0.3, -0.25) is 0 Å². The van der Waals surface area contributed by atoms with E-state index in [1.54, 1.807) is 0 Å². The van der Waals surface area contributed by atoms with Crippen LogP contribution in [0.3, 0.4) is 0 Å². The Morgan fingerprint density at radius 3 is 1.96 bits per heavy atom. The Morgan fingerprint density at radius 2 is 1.09 bits per heavy atom. The van der Waals surface area contributed by atoms with Crippen LogP contribution in [0.1, 0.15) is 36.1 Å². The van der Waals surface area contributed by atoms with Crippen molar-refractivity contribution >= 4 is 49.8 Å². The SMILES string of the molecule is Cc1cccc(C)c1-c1cc(-c2cccc3ccccc23)ccc1N(c1ccc2c(c1)C(C)(C)c1ccccc1-2)c1ccc2c(c1)oc1ccccc12. The number of fused-ring (bicyclic) bond motifs is 7. The van der Waals surface area contributed by atoms with E-state index in [4.69, 9.17) is 4.42 Å². The lowest BCUT2D eigenvalue weighted by atomic mass is 9.82. The Balaban J connectivity index is 1.26. The molecular weight excluding hydrogens is 643 g/mol. The van der Waals surface area contributed by atoms with Crippen LogP contribution in [-0.2, 0) is 5.41 Å². The normalized spacial score (nSPS) is 13.1. The minimum atomic E-state index is -0.135. The lowest BCUT2D eigenvalue weighted by Gasteiger charge is -2.30. The van der Waals surface area contributed by atoms with Crippen molar-refractivity contribution < 1.29 is 4.42 Å². The Morgan fingerprint density at radius 1 is 0.453 bits per heavy atom. The van der Waals surface area contributed by atoms with Crippen LogP contribution in [0.2, 0.25) is 0 Å². The molecule has 10 rings (SSSR count). The van der Waals surface area contributed by atoms with Crippen LogP contribution < -0.4 is 4.90 Å². The number of nitrogens with zero attached hydrogens (tertiary/aromatic N) is 1. The van der Waals surface area contributed by atoms with Crippen molar-refractivity contribution in [3.63, 3.8) is 0 Å². The first kappa shape index (κ1) is 31.4. The third-order valence-electron chi connectivity index (χ3n) is 11.5. The van der Waals surface area contributed by atoms with E-state index in [0.717, 1.165) is 39.0 Å². The molecular formula is C51H39NO. The molecule has 0 bridgehead atoms. The molecule has 2 heteroatoms. The van der Waals surface area contributed by atoms with Crippen LogP contribution in [-0.4, -0.2) is 0 Å². The summed E-state index contributed by atoms with van der Waals surface area (Å²) in [5.74, 6) is 0. The van der Waals surface area contributed by atoms with Crippen molar-refractivity contribution in [1.82, 2.24) is 0 Å². The highest BCUT2D eigenvalue weighted by Gasteiger charge is 2.36. The third kappa shape index (κ3) is 4.86. The van der Waals surface area contributed by atoms with Gasteiger partial charge in [0, 0.05) is 39.2 Å². The monoisotopic (exact) mass is 681 g/mol. The molecule has 0 aliphatic heterocycles. The maximum atomic E-state index is 6.51. The number of hydrogen-bond acceptors (Lipinski definition) is 2. The number of para-hydroxylation sites is 1. The first-order valence-corrected chi connectivity index (χ1v) is 18.5. The third-order valence-corrected chi connectivity index (χ3v) is 11.5. The van der Waals surface area contributed by atoms with Crippen LogP contribution in [0.15, 0.2) is 168 Å². The summed E-state index contributed by atoms with van der Waals surface area (Å²) < 4.78 is 6.51. The molecule has 0 N–H and O–H groups in total. The van der Waals surface area contributed by atoms with Gasteiger partial charge in [0.1, 0.15) is 11.2 Å². The van der Waals surface area contributed by atoms with Crippen LogP contribution in [0.4, 0.5) is 17.1 Å². The van der Waals surface area contributed by atoms with Gasteiger partial charge < -0.3 is 9.32 Å². The molecule has 1 aromatic heterocycles. The van der Waals surface area contributed by atoms with Gasteiger partial charge in [-0.25, -0.2) is 0 Å². The Hall–Kier alpha value is -6.38. The molecule has 0 saturated heterocycles. The van der Waals surface area contributed by atoms with Gasteiger partial charge in [0.2, 0.25) is 0 Å². The van der Waals surface area contributed by atoms with E-state index in [2.05, 4.69) is 190 Å². The molecule has 0 amide bonds. The molecule has 2 nitrogen and oxygen atoms in total. The lowest BCUT2D eigenvalue weighted by Crippen LogP contribution is -2.17. The van der Waals surface area contributed by atoms with E-state index in [9.17, 15) is 0 Å². The molecule has 1 aliphatic carbocycles. The fourth-order valence-corrected chi connectivity index (χ4v) is 8.93. The van der Waals surface area contributed by atoms with Crippen LogP contribution in [0, 0.1) is 13.8 Å². The molecule has 9 aromatic rings. The van der Waals surface area contributed by atoms with Gasteiger partial charge in [0.25, 0.3) is 0 Å². The highest BCUT2D eigenvalue weighted by molar-refractivity contribution is 6.07. The van der Waals surface area contributed by atoms with Crippen LogP contribution in [0.5, 0.6) is 0 Å². The first-order valence-electron chi connectivity index (χ1n) is 18.5. The Kier molecular flexibility index (Phi) is 7.00. The number of benzene rings is 8. The van der Waals surface area contributed by atoms with E-state index in [-0.39, 0.29) is 5.41 Å². The van der Waals surface area contributed by atoms with Crippen LogP contribution >= 0.6 is 0 Å². The van der Waals surface area contributed by atoms with E-state index >= 15 is 0 Å². The predicted octanol–water partition coefficient (Wildman–Crippen LogP) is 14.5. The molecule has 0 saturated carbocycles. The van der Waals surface area contributed by atoms with E-state index in [1.165, 1.54) is 66.4 Å². The van der Waals surface area contributed by atoms with Crippen LogP contribution in [0.25, 0.3) is 66.1 Å². The minimum absolute atomic E-state index is 0.135. The smallest absolute Gasteiger partial charge is 0.137 e. The number of hydrogen-bond donors (Lipinski definition) is 0. The minimum Gasteiger partial charge on any atom is -0.456 e. The average molecular weight is 682 g/mol. The van der Waals surface area contributed by atoms with Crippen molar-refractivity contribution in [1.29, 1.82) is 0 Å². The fraction of sp³-hybridized carbons (Fsp3) is 0.0980. The summed E-state index contributed by atoms with van der Waals surface area (Å²) in [6.45, 7) is 9.17. The molecule has 0 spiro atoms. The van der Waals surface area contributed by atoms with Crippen molar-refractivity contribution in [3.8, 4) is 33.4 Å². The van der Waals surface area contributed by atoms with E-state index in [1.807, 2.05) is 6.07 Å². The van der Waals surface area contributed by atoms with Gasteiger partial charge in [0.15, 0.2) is 0 Å². The van der Waals surface area contributed by atoms with Crippen molar-refractivity contribution in [2.75, 3.05) is 4.90 Å². The van der Waals surface area contributed by atoms with Crippen molar-refractivity contribution in [2.45, 2.75) is 33.1 Å². The zero-order chi connectivity index (χ0) is 35.8. The van der Waals surface area contributed by atoms with Gasteiger partial charge in [-0.15, -0.1) is 0 Å². The molecule has 53 heavy (non-hydrogen) atoms. The Bertz CT molecular complexity index is 2880. The molecule has 1 aliphatic rings. The summed E-state index contributed by atoms with van der Waals surface area (Å²) in [7, 11) is 0. The molecule has 0 fully saturated rings. The van der Waals surface area contributed by atoms with E-state index in [0.29, 0.717) is 0 Å². The predicted molar refractivity (Wildman–Crippen MR) is 224 cm³/mol. The molecule has 0 atom stereocenters. The standard InChI is InChI=1S/C51H39NO/c1-32-13-11-14-33(2)50(32)44-29-35(39-20-12-16-34-15-5-6-17-38(34)39)23-28-47(44)52(37-25-27-43-42-19-8-10-22-48(42)53-49(43)31-37)36-24-26-41-40-18-7-9-21-45(40)51(3,4)46(41)30-36/h5-31H,1-4H3. The number of rotatable bonds is 5. The zero-order valence-corrected chi connectivity index (χ0v) is 30.4. The summed E-state index contributed by atoms with van der Waals surface area (Å²) in [4.78, 5) is 2.44. The summed E-state index contributed by atoms with van der Waals surface area (Å²) in [6, 6.07) is 59.9. The number of furan rings is 1. The van der Waals surface area contributed by atoms with Gasteiger partial charge in [-0.1, -0.05) is 129 Å². The van der Waals surface area contributed by atoms with Gasteiger partial charge in [0.05, 0.1) is 5.69 Å². The summed E-state index contributed by atoms with van der Waals surface area (Å²) in [6.07, 6.45) is 0. The van der Waals surface area contributed by atoms with Crippen molar-refractivity contribution in [2.24, 2.45) is 0 Å². The number of anilines is 3. The van der Waals surface area contributed by atoms with E-state index < -0.39 is 0 Å². The molecule has 0 radical (unpaired) electrons. The topological polar surface area (TPSA) is 16.4 Å². The Labute approximate surface area is 310 Å². The zero-order valence-electron chi connectivity index (χ0n) is 30.4. The second kappa shape index (κ2) is 11.8. The first-order chi connectivity index (χ1) is 25.9. The summed E-state index contributed by atoms with van der Waals surface area (Å²) >= 11 is 0. The van der Waals surface area contributed by atoms with Gasteiger partial charge in [-0.2, -0.15) is 0 Å². The molecule has 0 unspecified atom stereocenters. The molecule has 8 aromatic carbocycles. The molecule has 254 valence electrons. The fourth-order valence-electron chi connectivity index (χ4n) is 8.93.